The Balaban J connectivity index is 2.10. The fourth-order valence-electron chi connectivity index (χ4n) is 3.01. The summed E-state index contributed by atoms with van der Waals surface area (Å²) in [5.41, 5.74) is 4.12. The minimum absolute atomic E-state index is 0.206. The molecule has 1 heterocycles. The van der Waals surface area contributed by atoms with Crippen LogP contribution in [-0.2, 0) is 0 Å². The van der Waals surface area contributed by atoms with Crippen LogP contribution < -0.4 is 11.3 Å². The van der Waals surface area contributed by atoms with Crippen molar-refractivity contribution in [2.24, 2.45) is 17.7 Å². The van der Waals surface area contributed by atoms with E-state index in [9.17, 15) is 0 Å². The summed E-state index contributed by atoms with van der Waals surface area (Å²) in [7, 11) is 0. The van der Waals surface area contributed by atoms with Crippen LogP contribution in [0, 0.1) is 11.8 Å². The smallest absolute Gasteiger partial charge is 0.173 e. The maximum atomic E-state index is 5.74. The average molecular weight is 301 g/mol. The van der Waals surface area contributed by atoms with Crippen LogP contribution in [0.2, 0.25) is 0 Å². The molecule has 0 radical (unpaired) electrons. The van der Waals surface area contributed by atoms with Crippen molar-refractivity contribution < 1.29 is 4.42 Å². The molecule has 1 aromatic rings. The second-order valence-electron chi connectivity index (χ2n) is 4.99. The van der Waals surface area contributed by atoms with Gasteiger partial charge in [0.15, 0.2) is 4.67 Å². The summed E-state index contributed by atoms with van der Waals surface area (Å²) in [6.07, 6.45) is 8.20. The van der Waals surface area contributed by atoms with Crippen molar-refractivity contribution in [2.45, 2.75) is 45.1 Å². The van der Waals surface area contributed by atoms with Crippen LogP contribution >= 0.6 is 15.9 Å². The maximum Gasteiger partial charge on any atom is 0.173 e. The predicted octanol–water partition coefficient (Wildman–Crippen LogP) is 3.76. The number of halogens is 1. The number of furan rings is 1. The molecule has 2 rings (SSSR count). The van der Waals surface area contributed by atoms with Crippen molar-refractivity contribution in [3.8, 4) is 0 Å². The Kier molecular flexibility index (Phi) is 4.65. The molecule has 17 heavy (non-hydrogen) atoms. The highest BCUT2D eigenvalue weighted by Crippen LogP contribution is 2.40. The number of hydrogen-bond acceptors (Lipinski definition) is 3. The van der Waals surface area contributed by atoms with Gasteiger partial charge in [0.05, 0.1) is 12.3 Å². The highest BCUT2D eigenvalue weighted by atomic mass is 79.9. The van der Waals surface area contributed by atoms with E-state index in [0.29, 0.717) is 5.92 Å². The van der Waals surface area contributed by atoms with Crippen molar-refractivity contribution >= 4 is 15.9 Å². The predicted molar refractivity (Wildman–Crippen MR) is 72.2 cm³/mol. The van der Waals surface area contributed by atoms with Crippen molar-refractivity contribution in [1.29, 1.82) is 0 Å². The zero-order valence-electron chi connectivity index (χ0n) is 10.3. The molecule has 1 fully saturated rings. The van der Waals surface area contributed by atoms with Crippen LogP contribution in [0.5, 0.6) is 0 Å². The summed E-state index contributed by atoms with van der Waals surface area (Å²) in [5, 5.41) is 0. The van der Waals surface area contributed by atoms with Gasteiger partial charge in [-0.2, -0.15) is 0 Å². The minimum Gasteiger partial charge on any atom is -0.457 e. The molecule has 0 aromatic carbocycles. The van der Waals surface area contributed by atoms with E-state index in [1.165, 1.54) is 32.1 Å². The lowest BCUT2D eigenvalue weighted by atomic mass is 9.76. The number of nitrogens with two attached hydrogens (primary N) is 1. The van der Waals surface area contributed by atoms with Gasteiger partial charge in [0.1, 0.15) is 0 Å². The number of hydrogen-bond donors (Lipinski definition) is 2. The Hall–Kier alpha value is -0.320. The third-order valence-corrected chi connectivity index (χ3v) is 4.68. The van der Waals surface area contributed by atoms with E-state index in [4.69, 9.17) is 10.3 Å². The molecule has 3 unspecified atom stereocenters. The summed E-state index contributed by atoms with van der Waals surface area (Å²) in [5.74, 6) is 7.21. The molecular weight excluding hydrogens is 280 g/mol. The average Bonchev–Trinajstić information content (AvgIpc) is 2.77. The summed E-state index contributed by atoms with van der Waals surface area (Å²) in [6.45, 7) is 2.28. The van der Waals surface area contributed by atoms with Gasteiger partial charge in [-0.3, -0.25) is 11.3 Å². The van der Waals surface area contributed by atoms with Crippen LogP contribution in [-0.4, -0.2) is 0 Å². The molecule has 4 heteroatoms. The first-order valence-corrected chi connectivity index (χ1v) is 7.24. The molecular formula is C13H21BrN2O. The fraction of sp³-hybridized carbons (Fsp3) is 0.692. The normalized spacial score (nSPS) is 27.0. The first kappa shape index (κ1) is 13.1. The van der Waals surface area contributed by atoms with E-state index in [0.717, 1.165) is 16.2 Å². The molecule has 0 aliphatic heterocycles. The van der Waals surface area contributed by atoms with Crippen LogP contribution in [0.4, 0.5) is 0 Å². The largest absolute Gasteiger partial charge is 0.457 e. The third-order valence-electron chi connectivity index (χ3n) is 4.03. The van der Waals surface area contributed by atoms with E-state index < -0.39 is 0 Å². The van der Waals surface area contributed by atoms with Crippen molar-refractivity contribution in [2.75, 3.05) is 0 Å². The van der Waals surface area contributed by atoms with E-state index >= 15 is 0 Å². The Morgan fingerprint density at radius 2 is 2.41 bits per heavy atom. The third kappa shape index (κ3) is 2.92. The van der Waals surface area contributed by atoms with Gasteiger partial charge in [-0.1, -0.05) is 26.2 Å². The van der Waals surface area contributed by atoms with Gasteiger partial charge in [0.25, 0.3) is 0 Å². The van der Waals surface area contributed by atoms with Crippen LogP contribution in [0.1, 0.15) is 50.6 Å². The number of hydrazine groups is 1. The second kappa shape index (κ2) is 6.03. The van der Waals surface area contributed by atoms with Crippen molar-refractivity contribution in [1.82, 2.24) is 5.43 Å². The SMILES string of the molecule is CCC1CCCC(C(NN)c2ccoc2Br)C1. The lowest BCUT2D eigenvalue weighted by molar-refractivity contribution is 0.209. The Morgan fingerprint density at radius 1 is 1.59 bits per heavy atom. The van der Waals surface area contributed by atoms with E-state index in [2.05, 4.69) is 28.3 Å². The van der Waals surface area contributed by atoms with Crippen LogP contribution in [0.25, 0.3) is 0 Å². The Labute approximate surface area is 111 Å². The molecule has 0 amide bonds. The number of rotatable bonds is 4. The van der Waals surface area contributed by atoms with E-state index in [1.54, 1.807) is 6.26 Å². The molecule has 1 aliphatic rings. The lowest BCUT2D eigenvalue weighted by Gasteiger charge is -2.33. The standard InChI is InChI=1S/C13H21BrN2O/c1-2-9-4-3-5-10(8-9)12(16-15)11-6-7-17-13(11)14/h6-7,9-10,12,16H,2-5,8,15H2,1H3. The van der Waals surface area contributed by atoms with Gasteiger partial charge in [-0.15, -0.1) is 0 Å². The van der Waals surface area contributed by atoms with Crippen molar-refractivity contribution in [3.05, 3.63) is 22.6 Å². The van der Waals surface area contributed by atoms with Gasteiger partial charge in [0, 0.05) is 5.56 Å². The fourth-order valence-corrected chi connectivity index (χ4v) is 3.50. The molecule has 3 nitrogen and oxygen atoms in total. The molecule has 96 valence electrons. The first-order chi connectivity index (χ1) is 8.26. The monoisotopic (exact) mass is 300 g/mol. The van der Waals surface area contributed by atoms with Crippen LogP contribution in [0.3, 0.4) is 0 Å². The number of nitrogens with one attached hydrogen (secondary N) is 1. The summed E-state index contributed by atoms with van der Waals surface area (Å²) in [4.78, 5) is 0. The Bertz CT molecular complexity index is 353. The maximum absolute atomic E-state index is 5.74. The minimum atomic E-state index is 0.206. The molecule has 1 aliphatic carbocycles. The van der Waals surface area contributed by atoms with E-state index in [1.807, 2.05) is 6.07 Å². The summed E-state index contributed by atoms with van der Waals surface area (Å²) in [6, 6.07) is 2.21. The zero-order chi connectivity index (χ0) is 12.3. The quantitative estimate of drug-likeness (QED) is 0.657. The van der Waals surface area contributed by atoms with Gasteiger partial charge in [0.2, 0.25) is 0 Å². The molecule has 1 aromatic heterocycles. The lowest BCUT2D eigenvalue weighted by Crippen LogP contribution is -2.35. The second-order valence-corrected chi connectivity index (χ2v) is 5.72. The Morgan fingerprint density at radius 3 is 3.00 bits per heavy atom. The summed E-state index contributed by atoms with van der Waals surface area (Å²) >= 11 is 3.44. The topological polar surface area (TPSA) is 51.2 Å². The van der Waals surface area contributed by atoms with Gasteiger partial charge >= 0.3 is 0 Å². The molecule has 3 atom stereocenters. The van der Waals surface area contributed by atoms with Gasteiger partial charge in [-0.05, 0) is 46.7 Å². The molecule has 1 saturated carbocycles. The van der Waals surface area contributed by atoms with Gasteiger partial charge < -0.3 is 4.42 Å². The zero-order valence-corrected chi connectivity index (χ0v) is 11.9. The highest BCUT2D eigenvalue weighted by molar-refractivity contribution is 9.10. The summed E-state index contributed by atoms with van der Waals surface area (Å²) < 4.78 is 6.12. The first-order valence-electron chi connectivity index (χ1n) is 6.45. The van der Waals surface area contributed by atoms with Crippen molar-refractivity contribution in [3.63, 3.8) is 0 Å². The highest BCUT2D eigenvalue weighted by Gasteiger charge is 2.30. The molecule has 0 spiro atoms. The van der Waals surface area contributed by atoms with Crippen LogP contribution in [0.15, 0.2) is 21.4 Å². The molecule has 0 saturated heterocycles. The molecule has 3 N–H and O–H groups in total. The molecule has 0 bridgehead atoms. The van der Waals surface area contributed by atoms with E-state index in [-0.39, 0.29) is 6.04 Å². The van der Waals surface area contributed by atoms with Gasteiger partial charge in [-0.25, -0.2) is 0 Å².